The normalized spacial score (nSPS) is 15.6. The predicted molar refractivity (Wildman–Crippen MR) is 120 cm³/mol. The van der Waals surface area contributed by atoms with Crippen molar-refractivity contribution in [2.45, 2.75) is 19.5 Å². The van der Waals surface area contributed by atoms with Gasteiger partial charge in [-0.25, -0.2) is 0 Å². The van der Waals surface area contributed by atoms with E-state index in [1.807, 2.05) is 73.7 Å². The van der Waals surface area contributed by atoms with Crippen LogP contribution in [0, 0.1) is 6.92 Å². The van der Waals surface area contributed by atoms with Gasteiger partial charge in [-0.3, -0.25) is 9.59 Å². The summed E-state index contributed by atoms with van der Waals surface area (Å²) in [5.74, 6) is -0.124. The van der Waals surface area contributed by atoms with Crippen molar-refractivity contribution in [3.8, 4) is 0 Å². The van der Waals surface area contributed by atoms with Crippen LogP contribution in [0.5, 0.6) is 0 Å². The molecule has 1 amide bonds. The molecule has 0 N–H and O–H groups in total. The first-order valence-corrected chi connectivity index (χ1v) is 10.5. The van der Waals surface area contributed by atoms with Crippen molar-refractivity contribution in [2.75, 3.05) is 0 Å². The molecule has 0 aliphatic carbocycles. The quantitative estimate of drug-likeness (QED) is 0.400. The Labute approximate surface area is 181 Å². The lowest BCUT2D eigenvalue weighted by atomic mass is 9.98. The molecular weight excluding hydrogens is 442 g/mol. The first-order chi connectivity index (χ1) is 14.5. The number of amides is 1. The molecule has 4 aromatic rings. The number of halogens is 1. The van der Waals surface area contributed by atoms with Gasteiger partial charge in [0.25, 0.3) is 5.91 Å². The summed E-state index contributed by atoms with van der Waals surface area (Å²) in [4.78, 5) is 28.6. The van der Waals surface area contributed by atoms with Crippen molar-refractivity contribution in [1.29, 1.82) is 0 Å². The van der Waals surface area contributed by atoms with Crippen LogP contribution < -0.4 is 5.43 Å². The van der Waals surface area contributed by atoms with Gasteiger partial charge in [0, 0.05) is 11.0 Å². The maximum atomic E-state index is 13.5. The average Bonchev–Trinajstić information content (AvgIpc) is 3.02. The van der Waals surface area contributed by atoms with Crippen molar-refractivity contribution in [1.82, 2.24) is 4.90 Å². The summed E-state index contributed by atoms with van der Waals surface area (Å²) in [5.41, 5.74) is 3.55. The van der Waals surface area contributed by atoms with E-state index in [0.29, 0.717) is 23.1 Å². The maximum absolute atomic E-state index is 13.5. The molecular formula is C25H18BrNO3. The van der Waals surface area contributed by atoms with Crippen LogP contribution in [0.1, 0.15) is 38.9 Å². The Morgan fingerprint density at radius 2 is 1.70 bits per heavy atom. The Morgan fingerprint density at radius 3 is 2.43 bits per heavy atom. The summed E-state index contributed by atoms with van der Waals surface area (Å²) in [6.07, 6.45) is 0. The second kappa shape index (κ2) is 7.26. The molecule has 5 heteroatoms. The second-order valence-corrected chi connectivity index (χ2v) is 8.46. The van der Waals surface area contributed by atoms with E-state index in [2.05, 4.69) is 15.9 Å². The van der Waals surface area contributed by atoms with Crippen LogP contribution in [0.3, 0.4) is 0 Å². The largest absolute Gasteiger partial charge is 0.450 e. The molecule has 1 unspecified atom stereocenters. The van der Waals surface area contributed by atoms with Crippen LogP contribution >= 0.6 is 15.9 Å². The lowest BCUT2D eigenvalue weighted by Crippen LogP contribution is -2.29. The van der Waals surface area contributed by atoms with Crippen LogP contribution in [0.4, 0.5) is 0 Å². The molecule has 0 radical (unpaired) electrons. The van der Waals surface area contributed by atoms with Crippen molar-refractivity contribution < 1.29 is 9.21 Å². The predicted octanol–water partition coefficient (Wildman–Crippen LogP) is 5.61. The highest BCUT2D eigenvalue weighted by Gasteiger charge is 2.42. The second-order valence-electron chi connectivity index (χ2n) is 7.55. The molecule has 1 atom stereocenters. The number of hydrogen-bond acceptors (Lipinski definition) is 3. The van der Waals surface area contributed by atoms with E-state index >= 15 is 0 Å². The number of aryl methyl sites for hydroxylation is 1. The zero-order valence-electron chi connectivity index (χ0n) is 16.3. The van der Waals surface area contributed by atoms with Crippen molar-refractivity contribution in [3.63, 3.8) is 0 Å². The van der Waals surface area contributed by atoms with E-state index in [1.54, 1.807) is 11.0 Å². The number of benzene rings is 3. The third-order valence-corrected chi connectivity index (χ3v) is 6.03. The molecule has 4 nitrogen and oxygen atoms in total. The summed E-state index contributed by atoms with van der Waals surface area (Å²) in [7, 11) is 0. The van der Waals surface area contributed by atoms with Gasteiger partial charge in [-0.05, 0) is 42.3 Å². The number of rotatable bonds is 3. The average molecular weight is 460 g/mol. The number of nitrogens with zero attached hydrogens (tertiary/aromatic N) is 1. The molecule has 3 aromatic carbocycles. The molecule has 0 fully saturated rings. The van der Waals surface area contributed by atoms with Crippen LogP contribution in [-0.4, -0.2) is 10.8 Å². The zero-order valence-corrected chi connectivity index (χ0v) is 17.8. The van der Waals surface area contributed by atoms with Gasteiger partial charge in [-0.15, -0.1) is 0 Å². The first kappa shape index (κ1) is 18.8. The van der Waals surface area contributed by atoms with E-state index in [9.17, 15) is 9.59 Å². The molecule has 1 aliphatic rings. The zero-order chi connectivity index (χ0) is 20.8. The Kier molecular flexibility index (Phi) is 4.55. The Morgan fingerprint density at radius 1 is 0.967 bits per heavy atom. The highest BCUT2D eigenvalue weighted by molar-refractivity contribution is 9.10. The summed E-state index contributed by atoms with van der Waals surface area (Å²) < 4.78 is 6.93. The summed E-state index contributed by atoms with van der Waals surface area (Å²) >= 11 is 3.46. The Hall–Kier alpha value is -3.18. The number of carbonyl (C=O) groups is 1. The van der Waals surface area contributed by atoms with E-state index in [0.717, 1.165) is 21.2 Å². The van der Waals surface area contributed by atoms with Crippen molar-refractivity contribution in [2.24, 2.45) is 0 Å². The van der Waals surface area contributed by atoms with E-state index < -0.39 is 6.04 Å². The molecule has 0 saturated heterocycles. The van der Waals surface area contributed by atoms with Gasteiger partial charge < -0.3 is 9.32 Å². The maximum Gasteiger partial charge on any atom is 0.291 e. The van der Waals surface area contributed by atoms with Crippen molar-refractivity contribution >= 4 is 32.8 Å². The van der Waals surface area contributed by atoms with Crippen LogP contribution in [0.25, 0.3) is 11.0 Å². The fourth-order valence-electron chi connectivity index (χ4n) is 4.07. The van der Waals surface area contributed by atoms with Gasteiger partial charge in [0.2, 0.25) is 5.76 Å². The number of carbonyl (C=O) groups excluding carboxylic acids is 1. The van der Waals surface area contributed by atoms with Crippen LogP contribution in [-0.2, 0) is 6.54 Å². The standard InChI is InChI=1S/C25H18BrNO3/c1-15-7-12-20-19(13-15)23(28)21-22(17-8-10-18(26)11-9-17)27(25(29)24(21)30-20)14-16-5-3-2-4-6-16/h2-13,22H,14H2,1H3. The van der Waals surface area contributed by atoms with E-state index in [1.165, 1.54) is 0 Å². The van der Waals surface area contributed by atoms with Crippen molar-refractivity contribution in [3.05, 3.63) is 116 Å². The molecule has 148 valence electrons. The first-order valence-electron chi connectivity index (χ1n) is 9.70. The minimum Gasteiger partial charge on any atom is -0.450 e. The van der Waals surface area contributed by atoms with E-state index in [4.69, 9.17) is 4.42 Å². The lowest BCUT2D eigenvalue weighted by Gasteiger charge is -2.25. The monoisotopic (exact) mass is 459 g/mol. The van der Waals surface area contributed by atoms with Gasteiger partial charge in [0.05, 0.1) is 17.0 Å². The Bertz CT molecular complexity index is 1330. The van der Waals surface area contributed by atoms with Crippen LogP contribution in [0.15, 0.2) is 86.5 Å². The minimum atomic E-state index is -0.498. The minimum absolute atomic E-state index is 0.139. The van der Waals surface area contributed by atoms with E-state index in [-0.39, 0.29) is 17.1 Å². The van der Waals surface area contributed by atoms with Gasteiger partial charge in [0.1, 0.15) is 5.58 Å². The highest BCUT2D eigenvalue weighted by Crippen LogP contribution is 2.39. The molecule has 1 aliphatic heterocycles. The number of fused-ring (bicyclic) bond motifs is 2. The molecule has 30 heavy (non-hydrogen) atoms. The molecule has 1 aromatic heterocycles. The fraction of sp³-hybridized carbons (Fsp3) is 0.120. The third-order valence-electron chi connectivity index (χ3n) is 5.50. The molecule has 5 rings (SSSR count). The number of hydrogen-bond donors (Lipinski definition) is 0. The van der Waals surface area contributed by atoms with Crippen LogP contribution in [0.2, 0.25) is 0 Å². The molecule has 0 bridgehead atoms. The topological polar surface area (TPSA) is 50.5 Å². The lowest BCUT2D eigenvalue weighted by molar-refractivity contribution is 0.0714. The van der Waals surface area contributed by atoms with Gasteiger partial charge in [-0.2, -0.15) is 0 Å². The Balaban J connectivity index is 1.74. The fourth-order valence-corrected chi connectivity index (χ4v) is 4.33. The molecule has 2 heterocycles. The summed E-state index contributed by atoms with van der Waals surface area (Å²) in [6, 6.07) is 22.5. The van der Waals surface area contributed by atoms with Gasteiger partial charge in [0.15, 0.2) is 5.43 Å². The highest BCUT2D eigenvalue weighted by atomic mass is 79.9. The van der Waals surface area contributed by atoms with Gasteiger partial charge >= 0.3 is 0 Å². The SMILES string of the molecule is Cc1ccc2oc3c(c(=O)c2c1)C(c1ccc(Br)cc1)N(Cc1ccccc1)C3=O. The summed E-state index contributed by atoms with van der Waals surface area (Å²) in [6.45, 7) is 2.32. The summed E-state index contributed by atoms with van der Waals surface area (Å²) in [5, 5.41) is 0.505. The van der Waals surface area contributed by atoms with Gasteiger partial charge in [-0.1, -0.05) is 70.0 Å². The third kappa shape index (κ3) is 3.06. The molecule has 0 spiro atoms. The smallest absolute Gasteiger partial charge is 0.291 e. The molecule has 0 saturated carbocycles.